The Morgan fingerprint density at radius 1 is 1.03 bits per heavy atom. The first-order valence-electron chi connectivity index (χ1n) is 10.5. The molecule has 2 aromatic carbocycles. The second kappa shape index (κ2) is 8.73. The monoisotopic (exact) mass is 444 g/mol. The van der Waals surface area contributed by atoms with Crippen LogP contribution in [0.3, 0.4) is 0 Å². The van der Waals surface area contributed by atoms with Crippen LogP contribution in [0.4, 0.5) is 5.69 Å². The van der Waals surface area contributed by atoms with Gasteiger partial charge in [0.2, 0.25) is 10.0 Å². The van der Waals surface area contributed by atoms with E-state index in [0.29, 0.717) is 37.0 Å². The van der Waals surface area contributed by atoms with E-state index < -0.39 is 10.0 Å². The molecule has 0 unspecified atom stereocenters. The standard InChI is InChI=1S/C23H28N2O3S2/c1-17-13-18(2)16-24(15-17)30(27,28)20-8-5-7-19(14-20)23(26)25-11-6-12-29-22-10-4-3-9-21(22)25/h3-5,7-10,14,17-18H,6,11-13,15-16H2,1-2H3/t17-,18-/m0/s1. The van der Waals surface area contributed by atoms with Crippen molar-refractivity contribution >= 4 is 33.4 Å². The third kappa shape index (κ3) is 4.29. The quantitative estimate of drug-likeness (QED) is 0.700. The number of para-hydroxylation sites is 1. The van der Waals surface area contributed by atoms with Crippen LogP contribution >= 0.6 is 11.8 Å². The Balaban J connectivity index is 1.64. The molecule has 2 aliphatic rings. The first-order chi connectivity index (χ1) is 14.4. The van der Waals surface area contributed by atoms with Crippen molar-refractivity contribution < 1.29 is 13.2 Å². The van der Waals surface area contributed by atoms with Crippen LogP contribution in [0.1, 0.15) is 37.0 Å². The molecule has 0 N–H and O–H groups in total. The summed E-state index contributed by atoms with van der Waals surface area (Å²) in [5.74, 6) is 1.47. The molecular weight excluding hydrogens is 416 g/mol. The molecule has 0 saturated carbocycles. The van der Waals surface area contributed by atoms with Crippen molar-refractivity contribution in [2.45, 2.75) is 36.5 Å². The van der Waals surface area contributed by atoms with E-state index >= 15 is 0 Å². The van der Waals surface area contributed by atoms with E-state index in [0.717, 1.165) is 29.2 Å². The van der Waals surface area contributed by atoms with Crippen molar-refractivity contribution in [2.24, 2.45) is 11.8 Å². The fourth-order valence-corrected chi connectivity index (χ4v) is 7.16. The number of nitrogens with zero attached hydrogens (tertiary/aromatic N) is 2. The van der Waals surface area contributed by atoms with E-state index in [-0.39, 0.29) is 10.8 Å². The molecule has 0 aliphatic carbocycles. The van der Waals surface area contributed by atoms with Crippen LogP contribution in [0.2, 0.25) is 0 Å². The average Bonchev–Trinajstić information content (AvgIpc) is 2.95. The number of anilines is 1. The topological polar surface area (TPSA) is 57.7 Å². The van der Waals surface area contributed by atoms with Gasteiger partial charge in [0.25, 0.3) is 5.91 Å². The zero-order chi connectivity index (χ0) is 21.3. The zero-order valence-electron chi connectivity index (χ0n) is 17.5. The summed E-state index contributed by atoms with van der Waals surface area (Å²) in [5, 5.41) is 0. The van der Waals surface area contributed by atoms with Gasteiger partial charge < -0.3 is 4.90 Å². The maximum absolute atomic E-state index is 13.4. The van der Waals surface area contributed by atoms with Crippen LogP contribution in [0.15, 0.2) is 58.3 Å². The number of fused-ring (bicyclic) bond motifs is 1. The number of hydrogen-bond acceptors (Lipinski definition) is 4. The van der Waals surface area contributed by atoms with Crippen LogP contribution in [0.25, 0.3) is 0 Å². The Morgan fingerprint density at radius 2 is 1.77 bits per heavy atom. The van der Waals surface area contributed by atoms with Gasteiger partial charge in [-0.2, -0.15) is 4.31 Å². The minimum atomic E-state index is -3.62. The molecule has 0 spiro atoms. The Hall–Kier alpha value is -1.83. The van der Waals surface area contributed by atoms with E-state index in [1.54, 1.807) is 45.2 Å². The van der Waals surface area contributed by atoms with Gasteiger partial charge in [-0.3, -0.25) is 4.79 Å². The molecule has 30 heavy (non-hydrogen) atoms. The smallest absolute Gasteiger partial charge is 0.258 e. The van der Waals surface area contributed by atoms with Gasteiger partial charge in [-0.25, -0.2) is 8.42 Å². The molecule has 2 atom stereocenters. The summed E-state index contributed by atoms with van der Waals surface area (Å²) in [6.07, 6.45) is 1.93. The summed E-state index contributed by atoms with van der Waals surface area (Å²) in [6, 6.07) is 14.4. The number of thioether (sulfide) groups is 1. The summed E-state index contributed by atoms with van der Waals surface area (Å²) < 4.78 is 28.1. The van der Waals surface area contributed by atoms with Gasteiger partial charge in [0.05, 0.1) is 10.6 Å². The van der Waals surface area contributed by atoms with Crippen molar-refractivity contribution in [2.75, 3.05) is 30.3 Å². The second-order valence-electron chi connectivity index (χ2n) is 8.42. The van der Waals surface area contributed by atoms with E-state index in [4.69, 9.17) is 0 Å². The molecular formula is C23H28N2O3S2. The van der Waals surface area contributed by atoms with Gasteiger partial charge in [-0.15, -0.1) is 11.8 Å². The van der Waals surface area contributed by atoms with Crippen molar-refractivity contribution in [3.63, 3.8) is 0 Å². The summed E-state index contributed by atoms with van der Waals surface area (Å²) in [4.78, 5) is 16.5. The van der Waals surface area contributed by atoms with Crippen molar-refractivity contribution in [1.82, 2.24) is 4.31 Å². The number of carbonyl (C=O) groups is 1. The lowest BCUT2D eigenvalue weighted by Crippen LogP contribution is -2.42. The van der Waals surface area contributed by atoms with Gasteiger partial charge in [0.15, 0.2) is 0 Å². The third-order valence-electron chi connectivity index (χ3n) is 5.74. The second-order valence-corrected chi connectivity index (χ2v) is 11.5. The number of carbonyl (C=O) groups excluding carboxylic acids is 1. The van der Waals surface area contributed by atoms with Crippen LogP contribution in [-0.2, 0) is 10.0 Å². The van der Waals surface area contributed by atoms with Crippen LogP contribution in [-0.4, -0.2) is 44.0 Å². The summed E-state index contributed by atoms with van der Waals surface area (Å²) in [7, 11) is -3.62. The SMILES string of the molecule is C[C@H]1C[C@H](C)CN(S(=O)(=O)c2cccc(C(=O)N3CCCSc4ccccc43)c2)C1. The number of sulfonamides is 1. The molecule has 0 aromatic heterocycles. The molecule has 4 rings (SSSR count). The van der Waals surface area contributed by atoms with Crippen LogP contribution in [0.5, 0.6) is 0 Å². The molecule has 2 aromatic rings. The Kier molecular flexibility index (Phi) is 6.23. The first-order valence-corrected chi connectivity index (χ1v) is 12.9. The summed E-state index contributed by atoms with van der Waals surface area (Å²) in [6.45, 7) is 5.87. The lowest BCUT2D eigenvalue weighted by molar-refractivity contribution is 0.0986. The predicted molar refractivity (Wildman–Crippen MR) is 122 cm³/mol. The van der Waals surface area contributed by atoms with Crippen molar-refractivity contribution in [3.8, 4) is 0 Å². The number of hydrogen-bond donors (Lipinski definition) is 0. The van der Waals surface area contributed by atoms with Gasteiger partial charge >= 0.3 is 0 Å². The van der Waals surface area contributed by atoms with E-state index in [2.05, 4.69) is 13.8 Å². The number of rotatable bonds is 3. The number of benzene rings is 2. The van der Waals surface area contributed by atoms with Gasteiger partial charge in [0.1, 0.15) is 0 Å². The molecule has 1 amide bonds. The van der Waals surface area contributed by atoms with Gasteiger partial charge in [0, 0.05) is 30.1 Å². The highest BCUT2D eigenvalue weighted by Crippen LogP contribution is 2.34. The highest BCUT2D eigenvalue weighted by molar-refractivity contribution is 7.99. The molecule has 160 valence electrons. The fourth-order valence-electron chi connectivity index (χ4n) is 4.43. The van der Waals surface area contributed by atoms with E-state index in [1.807, 2.05) is 24.3 Å². The maximum Gasteiger partial charge on any atom is 0.258 e. The minimum Gasteiger partial charge on any atom is -0.307 e. The zero-order valence-corrected chi connectivity index (χ0v) is 19.1. The number of amides is 1. The molecule has 2 heterocycles. The largest absolute Gasteiger partial charge is 0.307 e. The Labute approximate surface area is 183 Å². The van der Waals surface area contributed by atoms with E-state index in [9.17, 15) is 13.2 Å². The Morgan fingerprint density at radius 3 is 2.53 bits per heavy atom. The lowest BCUT2D eigenvalue weighted by atomic mass is 9.94. The summed E-state index contributed by atoms with van der Waals surface area (Å²) in [5.41, 5.74) is 1.31. The molecule has 1 saturated heterocycles. The molecule has 0 bridgehead atoms. The van der Waals surface area contributed by atoms with Crippen LogP contribution in [0, 0.1) is 11.8 Å². The van der Waals surface area contributed by atoms with Crippen molar-refractivity contribution in [3.05, 3.63) is 54.1 Å². The minimum absolute atomic E-state index is 0.151. The predicted octanol–water partition coefficient (Wildman–Crippen LogP) is 4.50. The third-order valence-corrected chi connectivity index (χ3v) is 8.72. The molecule has 1 fully saturated rings. The highest BCUT2D eigenvalue weighted by Gasteiger charge is 2.32. The maximum atomic E-state index is 13.4. The molecule has 7 heteroatoms. The lowest BCUT2D eigenvalue weighted by Gasteiger charge is -2.34. The molecule has 2 aliphatic heterocycles. The highest BCUT2D eigenvalue weighted by atomic mass is 32.2. The van der Waals surface area contributed by atoms with Gasteiger partial charge in [-0.05, 0) is 60.8 Å². The molecule has 0 radical (unpaired) electrons. The van der Waals surface area contributed by atoms with E-state index in [1.165, 1.54) is 0 Å². The molecule has 5 nitrogen and oxygen atoms in total. The normalized spacial score (nSPS) is 22.9. The van der Waals surface area contributed by atoms with Gasteiger partial charge in [-0.1, -0.05) is 32.0 Å². The first kappa shape index (κ1) is 21.4. The number of piperidine rings is 1. The fraction of sp³-hybridized carbons (Fsp3) is 0.435. The average molecular weight is 445 g/mol. The van der Waals surface area contributed by atoms with Crippen molar-refractivity contribution in [1.29, 1.82) is 0 Å². The summed E-state index contributed by atoms with van der Waals surface area (Å²) >= 11 is 1.76. The van der Waals surface area contributed by atoms with Crippen LogP contribution < -0.4 is 4.90 Å². The Bertz CT molecular complexity index is 1030.